The van der Waals surface area contributed by atoms with Crippen molar-refractivity contribution >= 4 is 21.8 Å². The summed E-state index contributed by atoms with van der Waals surface area (Å²) < 4.78 is 27.5. The monoisotopic (exact) mass is 390 g/mol. The summed E-state index contributed by atoms with van der Waals surface area (Å²) in [6.07, 6.45) is 1.94. The number of carbonyl (C=O) groups is 1. The standard InChI is InChI=1S/C20H26N2O4S/c1-5-16-9-11-18(12-10-16)21-20(23)22(15(2)3)14-17-7-6-8-19(13-17)26-27(4,24)25/h6-13,15H,5,14H2,1-4H3,(H,21,23). The lowest BCUT2D eigenvalue weighted by atomic mass is 10.1. The van der Waals surface area contributed by atoms with Crippen LogP contribution in [0.15, 0.2) is 48.5 Å². The molecule has 0 fully saturated rings. The number of hydrogen-bond acceptors (Lipinski definition) is 4. The molecule has 0 spiro atoms. The van der Waals surface area contributed by atoms with Crippen LogP contribution in [0.5, 0.6) is 5.75 Å². The fraction of sp³-hybridized carbons (Fsp3) is 0.350. The van der Waals surface area contributed by atoms with Gasteiger partial charge in [0, 0.05) is 18.3 Å². The molecule has 6 nitrogen and oxygen atoms in total. The molecule has 2 amide bonds. The zero-order valence-electron chi connectivity index (χ0n) is 16.1. The molecule has 27 heavy (non-hydrogen) atoms. The number of amides is 2. The Labute approximate surface area is 161 Å². The van der Waals surface area contributed by atoms with Crippen LogP contribution in [0.3, 0.4) is 0 Å². The average molecular weight is 391 g/mol. The summed E-state index contributed by atoms with van der Waals surface area (Å²) in [6.45, 7) is 6.26. The van der Waals surface area contributed by atoms with Gasteiger partial charge in [-0.05, 0) is 55.7 Å². The first-order valence-electron chi connectivity index (χ1n) is 8.83. The Morgan fingerprint density at radius 1 is 1.11 bits per heavy atom. The molecule has 0 saturated carbocycles. The summed E-state index contributed by atoms with van der Waals surface area (Å²) in [6, 6.07) is 14.2. The van der Waals surface area contributed by atoms with E-state index in [0.717, 1.165) is 23.9 Å². The number of carbonyl (C=O) groups excluding carboxylic acids is 1. The molecule has 0 unspecified atom stereocenters. The number of hydrogen-bond donors (Lipinski definition) is 1. The first-order chi connectivity index (χ1) is 12.7. The van der Waals surface area contributed by atoms with Gasteiger partial charge in [0.25, 0.3) is 0 Å². The van der Waals surface area contributed by atoms with E-state index in [1.165, 1.54) is 5.56 Å². The van der Waals surface area contributed by atoms with Crippen molar-refractivity contribution < 1.29 is 17.4 Å². The van der Waals surface area contributed by atoms with E-state index in [9.17, 15) is 13.2 Å². The molecule has 0 heterocycles. The van der Waals surface area contributed by atoms with E-state index in [4.69, 9.17) is 4.18 Å². The van der Waals surface area contributed by atoms with Crippen LogP contribution in [-0.4, -0.2) is 31.6 Å². The van der Waals surface area contributed by atoms with Gasteiger partial charge in [-0.1, -0.05) is 31.2 Å². The Kier molecular flexibility index (Phi) is 6.85. The molecule has 0 aromatic heterocycles. The van der Waals surface area contributed by atoms with Crippen molar-refractivity contribution in [1.29, 1.82) is 0 Å². The van der Waals surface area contributed by atoms with Gasteiger partial charge in [-0.25, -0.2) is 4.79 Å². The van der Waals surface area contributed by atoms with Crippen LogP contribution in [-0.2, 0) is 23.1 Å². The minimum Gasteiger partial charge on any atom is -0.383 e. The Morgan fingerprint density at radius 2 is 1.78 bits per heavy atom. The van der Waals surface area contributed by atoms with E-state index in [2.05, 4.69) is 12.2 Å². The topological polar surface area (TPSA) is 75.7 Å². The van der Waals surface area contributed by atoms with Gasteiger partial charge < -0.3 is 14.4 Å². The highest BCUT2D eigenvalue weighted by Gasteiger charge is 2.18. The second-order valence-corrected chi connectivity index (χ2v) is 8.21. The second kappa shape index (κ2) is 8.90. The van der Waals surface area contributed by atoms with Gasteiger partial charge in [-0.3, -0.25) is 0 Å². The Morgan fingerprint density at radius 3 is 2.33 bits per heavy atom. The average Bonchev–Trinajstić information content (AvgIpc) is 2.59. The van der Waals surface area contributed by atoms with Crippen LogP contribution >= 0.6 is 0 Å². The number of rotatable bonds is 7. The van der Waals surface area contributed by atoms with Crippen LogP contribution in [0.1, 0.15) is 31.9 Å². The third kappa shape index (κ3) is 6.60. The van der Waals surface area contributed by atoms with E-state index in [0.29, 0.717) is 6.54 Å². The molecule has 0 radical (unpaired) electrons. The molecule has 0 bridgehead atoms. The molecule has 7 heteroatoms. The zero-order valence-corrected chi connectivity index (χ0v) is 16.9. The maximum absolute atomic E-state index is 12.7. The molecule has 0 aliphatic carbocycles. The highest BCUT2D eigenvalue weighted by atomic mass is 32.2. The molecule has 2 aromatic rings. The van der Waals surface area contributed by atoms with Crippen LogP contribution < -0.4 is 9.50 Å². The van der Waals surface area contributed by atoms with Crippen molar-refractivity contribution in [2.24, 2.45) is 0 Å². The van der Waals surface area contributed by atoms with E-state index in [1.807, 2.05) is 44.2 Å². The number of aryl methyl sites for hydroxylation is 1. The molecule has 1 N–H and O–H groups in total. The fourth-order valence-electron chi connectivity index (χ4n) is 2.58. The molecule has 0 aliphatic heterocycles. The van der Waals surface area contributed by atoms with Crippen molar-refractivity contribution in [3.05, 3.63) is 59.7 Å². The van der Waals surface area contributed by atoms with Crippen LogP contribution in [0.2, 0.25) is 0 Å². The third-order valence-corrected chi connectivity index (χ3v) is 4.49. The number of urea groups is 1. The second-order valence-electron chi connectivity index (χ2n) is 6.64. The minimum atomic E-state index is -3.59. The lowest BCUT2D eigenvalue weighted by Gasteiger charge is -2.27. The van der Waals surface area contributed by atoms with Gasteiger partial charge in [0.05, 0.1) is 6.26 Å². The maximum atomic E-state index is 12.7. The van der Waals surface area contributed by atoms with E-state index >= 15 is 0 Å². The van der Waals surface area contributed by atoms with Gasteiger partial charge in [0.2, 0.25) is 0 Å². The Bertz CT molecular complexity index is 877. The lowest BCUT2D eigenvalue weighted by Crippen LogP contribution is -2.39. The van der Waals surface area contributed by atoms with Crippen molar-refractivity contribution in [2.75, 3.05) is 11.6 Å². The van der Waals surface area contributed by atoms with Crippen molar-refractivity contribution in [3.63, 3.8) is 0 Å². The number of benzene rings is 2. The predicted molar refractivity (Wildman–Crippen MR) is 107 cm³/mol. The van der Waals surface area contributed by atoms with Gasteiger partial charge in [-0.2, -0.15) is 8.42 Å². The third-order valence-electron chi connectivity index (χ3n) is 4.00. The van der Waals surface area contributed by atoms with Crippen molar-refractivity contribution in [2.45, 2.75) is 39.8 Å². The minimum absolute atomic E-state index is 0.0422. The largest absolute Gasteiger partial charge is 0.383 e. The van der Waals surface area contributed by atoms with Gasteiger partial charge in [0.1, 0.15) is 5.75 Å². The molecule has 0 saturated heterocycles. The SMILES string of the molecule is CCc1ccc(NC(=O)N(Cc2cccc(OS(C)(=O)=O)c2)C(C)C)cc1. The number of anilines is 1. The number of nitrogens with one attached hydrogen (secondary N) is 1. The first-order valence-corrected chi connectivity index (χ1v) is 10.6. The number of nitrogens with zero attached hydrogens (tertiary/aromatic N) is 1. The molecular formula is C20H26N2O4S. The van der Waals surface area contributed by atoms with Gasteiger partial charge in [-0.15, -0.1) is 0 Å². The molecule has 2 rings (SSSR count). The smallest absolute Gasteiger partial charge is 0.322 e. The van der Waals surface area contributed by atoms with Gasteiger partial charge >= 0.3 is 16.1 Å². The van der Waals surface area contributed by atoms with Crippen LogP contribution in [0.4, 0.5) is 10.5 Å². The van der Waals surface area contributed by atoms with E-state index < -0.39 is 10.1 Å². The summed E-state index contributed by atoms with van der Waals surface area (Å²) >= 11 is 0. The summed E-state index contributed by atoms with van der Waals surface area (Å²) in [4.78, 5) is 14.4. The summed E-state index contributed by atoms with van der Waals surface area (Å²) in [7, 11) is -3.59. The first kappa shape index (κ1) is 20.8. The van der Waals surface area contributed by atoms with Gasteiger partial charge in [0.15, 0.2) is 0 Å². The molecule has 146 valence electrons. The Balaban J connectivity index is 2.12. The maximum Gasteiger partial charge on any atom is 0.322 e. The highest BCUT2D eigenvalue weighted by molar-refractivity contribution is 7.86. The summed E-state index contributed by atoms with van der Waals surface area (Å²) in [5, 5.41) is 2.91. The van der Waals surface area contributed by atoms with E-state index in [-0.39, 0.29) is 17.8 Å². The quantitative estimate of drug-likeness (QED) is 0.724. The zero-order chi connectivity index (χ0) is 20.0. The molecular weight excluding hydrogens is 364 g/mol. The summed E-state index contributed by atoms with van der Waals surface area (Å²) in [5.74, 6) is 0.231. The molecule has 0 aliphatic rings. The molecule has 0 atom stereocenters. The lowest BCUT2D eigenvalue weighted by molar-refractivity contribution is 0.193. The van der Waals surface area contributed by atoms with Crippen LogP contribution in [0.25, 0.3) is 0 Å². The van der Waals surface area contributed by atoms with E-state index in [1.54, 1.807) is 23.1 Å². The normalized spacial score (nSPS) is 11.3. The Hall–Kier alpha value is -2.54. The summed E-state index contributed by atoms with van der Waals surface area (Å²) in [5.41, 5.74) is 2.72. The van der Waals surface area contributed by atoms with Crippen LogP contribution in [0, 0.1) is 0 Å². The van der Waals surface area contributed by atoms with Crippen molar-refractivity contribution in [3.8, 4) is 5.75 Å². The van der Waals surface area contributed by atoms with Crippen molar-refractivity contribution in [1.82, 2.24) is 4.90 Å². The molecule has 2 aromatic carbocycles. The fourth-order valence-corrected chi connectivity index (χ4v) is 3.03. The highest BCUT2D eigenvalue weighted by Crippen LogP contribution is 2.19. The predicted octanol–water partition coefficient (Wildman–Crippen LogP) is 4.03.